The number of hydrogen-bond donors (Lipinski definition) is 3. The minimum absolute atomic E-state index is 0.0667. The Labute approximate surface area is 119 Å². The van der Waals surface area contributed by atoms with E-state index >= 15 is 0 Å². The molecule has 1 aromatic heterocycles. The third-order valence-corrected chi connectivity index (χ3v) is 5.36. The molecule has 2 rings (SSSR count). The molecule has 1 atom stereocenters. The SMILES string of the molecule is CSCC(C)NS(=O)(=O)c1c[nH]c(CNC2CC2)c1. The third kappa shape index (κ3) is 4.52. The lowest BCUT2D eigenvalue weighted by molar-refractivity contribution is 0.571. The summed E-state index contributed by atoms with van der Waals surface area (Å²) in [6.07, 6.45) is 5.96. The Morgan fingerprint density at radius 2 is 2.26 bits per heavy atom. The van der Waals surface area contributed by atoms with Gasteiger partial charge < -0.3 is 10.3 Å². The Morgan fingerprint density at radius 3 is 2.89 bits per heavy atom. The van der Waals surface area contributed by atoms with Crippen LogP contribution in [0.1, 0.15) is 25.5 Å². The molecule has 1 aromatic rings. The van der Waals surface area contributed by atoms with Crippen molar-refractivity contribution in [3.8, 4) is 0 Å². The molecular formula is C12H21N3O2S2. The minimum Gasteiger partial charge on any atom is -0.363 e. The highest BCUT2D eigenvalue weighted by Crippen LogP contribution is 2.19. The van der Waals surface area contributed by atoms with Gasteiger partial charge in [-0.2, -0.15) is 11.8 Å². The van der Waals surface area contributed by atoms with Gasteiger partial charge in [0.2, 0.25) is 10.0 Å². The van der Waals surface area contributed by atoms with Crippen molar-refractivity contribution in [3.05, 3.63) is 18.0 Å². The van der Waals surface area contributed by atoms with Crippen molar-refractivity contribution in [1.82, 2.24) is 15.0 Å². The molecule has 0 aromatic carbocycles. The van der Waals surface area contributed by atoms with Crippen molar-refractivity contribution < 1.29 is 8.42 Å². The molecule has 3 N–H and O–H groups in total. The van der Waals surface area contributed by atoms with Gasteiger partial charge in [0, 0.05) is 36.3 Å². The van der Waals surface area contributed by atoms with E-state index in [4.69, 9.17) is 0 Å². The van der Waals surface area contributed by atoms with Gasteiger partial charge in [-0.1, -0.05) is 0 Å². The second kappa shape index (κ2) is 6.30. The zero-order chi connectivity index (χ0) is 13.9. The molecule has 0 radical (unpaired) electrons. The van der Waals surface area contributed by atoms with Crippen LogP contribution in [-0.4, -0.2) is 37.5 Å². The Bertz CT molecular complexity index is 509. The molecule has 19 heavy (non-hydrogen) atoms. The van der Waals surface area contributed by atoms with Crippen LogP contribution in [0.15, 0.2) is 17.2 Å². The Kier molecular flexibility index (Phi) is 4.94. The molecule has 0 amide bonds. The predicted octanol–water partition coefficient (Wildman–Crippen LogP) is 1.30. The molecule has 1 aliphatic rings. The van der Waals surface area contributed by atoms with Crippen LogP contribution in [0, 0.1) is 0 Å². The van der Waals surface area contributed by atoms with Gasteiger partial charge in [0.15, 0.2) is 0 Å². The third-order valence-electron chi connectivity index (χ3n) is 2.96. The highest BCUT2D eigenvalue weighted by atomic mass is 32.2. The van der Waals surface area contributed by atoms with Crippen molar-refractivity contribution in [2.24, 2.45) is 0 Å². The molecule has 0 aliphatic heterocycles. The first-order valence-electron chi connectivity index (χ1n) is 6.43. The van der Waals surface area contributed by atoms with Crippen molar-refractivity contribution in [2.45, 2.75) is 43.3 Å². The fourth-order valence-corrected chi connectivity index (χ4v) is 3.78. The zero-order valence-corrected chi connectivity index (χ0v) is 12.9. The van der Waals surface area contributed by atoms with E-state index in [9.17, 15) is 8.42 Å². The molecule has 1 saturated carbocycles. The fourth-order valence-electron chi connectivity index (χ4n) is 1.83. The molecule has 0 saturated heterocycles. The van der Waals surface area contributed by atoms with Gasteiger partial charge >= 0.3 is 0 Å². The second-order valence-corrected chi connectivity index (χ2v) is 7.62. The quantitative estimate of drug-likeness (QED) is 0.677. The minimum atomic E-state index is -3.41. The summed E-state index contributed by atoms with van der Waals surface area (Å²) in [4.78, 5) is 3.33. The number of nitrogens with one attached hydrogen (secondary N) is 3. The zero-order valence-electron chi connectivity index (χ0n) is 11.3. The first kappa shape index (κ1) is 14.9. The number of thioether (sulfide) groups is 1. The highest BCUT2D eigenvalue weighted by molar-refractivity contribution is 7.98. The summed E-state index contributed by atoms with van der Waals surface area (Å²) >= 11 is 1.62. The van der Waals surface area contributed by atoms with Gasteiger partial charge in [-0.3, -0.25) is 0 Å². The molecule has 1 aliphatic carbocycles. The van der Waals surface area contributed by atoms with E-state index in [1.807, 2.05) is 13.2 Å². The van der Waals surface area contributed by atoms with Crippen LogP contribution >= 0.6 is 11.8 Å². The van der Waals surface area contributed by atoms with Gasteiger partial charge in [0.25, 0.3) is 0 Å². The van der Waals surface area contributed by atoms with Gasteiger partial charge in [-0.15, -0.1) is 0 Å². The van der Waals surface area contributed by atoms with Crippen molar-refractivity contribution >= 4 is 21.8 Å². The lowest BCUT2D eigenvalue weighted by Crippen LogP contribution is -2.34. The number of rotatable bonds is 8. The van der Waals surface area contributed by atoms with E-state index in [1.54, 1.807) is 24.0 Å². The first-order valence-corrected chi connectivity index (χ1v) is 9.31. The average molecular weight is 303 g/mol. The summed E-state index contributed by atoms with van der Waals surface area (Å²) < 4.78 is 26.9. The molecule has 1 unspecified atom stereocenters. The van der Waals surface area contributed by atoms with Gasteiger partial charge in [0.05, 0.1) is 4.90 Å². The molecule has 7 heteroatoms. The van der Waals surface area contributed by atoms with Gasteiger partial charge in [0.1, 0.15) is 0 Å². The van der Waals surface area contributed by atoms with Crippen LogP contribution < -0.4 is 10.0 Å². The van der Waals surface area contributed by atoms with E-state index in [0.29, 0.717) is 17.5 Å². The van der Waals surface area contributed by atoms with Crippen LogP contribution in [0.3, 0.4) is 0 Å². The Balaban J connectivity index is 1.95. The second-order valence-electron chi connectivity index (χ2n) is 4.99. The number of sulfonamides is 1. The van der Waals surface area contributed by atoms with E-state index in [2.05, 4.69) is 15.0 Å². The maximum Gasteiger partial charge on any atom is 0.242 e. The summed E-state index contributed by atoms with van der Waals surface area (Å²) in [6, 6.07) is 2.25. The van der Waals surface area contributed by atoms with Crippen molar-refractivity contribution in [3.63, 3.8) is 0 Å². The fraction of sp³-hybridized carbons (Fsp3) is 0.667. The maximum atomic E-state index is 12.1. The summed E-state index contributed by atoms with van der Waals surface area (Å²) in [5, 5.41) is 3.35. The standard InChI is InChI=1S/C12H21N3O2S2/c1-9(8-18-2)15-19(16,17)12-5-11(14-7-12)6-13-10-3-4-10/h5,7,9-10,13-15H,3-4,6,8H2,1-2H3. The predicted molar refractivity (Wildman–Crippen MR) is 78.8 cm³/mol. The van der Waals surface area contributed by atoms with E-state index in [0.717, 1.165) is 11.4 Å². The number of aromatic nitrogens is 1. The van der Waals surface area contributed by atoms with Gasteiger partial charge in [-0.05, 0) is 32.1 Å². The van der Waals surface area contributed by atoms with E-state index < -0.39 is 10.0 Å². The molecule has 5 nitrogen and oxygen atoms in total. The maximum absolute atomic E-state index is 12.1. The summed E-state index contributed by atoms with van der Waals surface area (Å²) in [5.41, 5.74) is 0.907. The van der Waals surface area contributed by atoms with Crippen LogP contribution in [0.25, 0.3) is 0 Å². The molecule has 1 heterocycles. The average Bonchev–Trinajstić information content (AvgIpc) is 3.02. The van der Waals surface area contributed by atoms with Crippen LogP contribution in [0.2, 0.25) is 0 Å². The van der Waals surface area contributed by atoms with Gasteiger partial charge in [-0.25, -0.2) is 13.1 Å². The largest absolute Gasteiger partial charge is 0.363 e. The van der Waals surface area contributed by atoms with Crippen molar-refractivity contribution in [2.75, 3.05) is 12.0 Å². The molecule has 0 spiro atoms. The monoisotopic (exact) mass is 303 g/mol. The van der Waals surface area contributed by atoms with E-state index in [1.165, 1.54) is 12.8 Å². The number of hydrogen-bond acceptors (Lipinski definition) is 4. The molecule has 0 bridgehead atoms. The molecular weight excluding hydrogens is 282 g/mol. The molecule has 108 valence electrons. The van der Waals surface area contributed by atoms with Crippen LogP contribution in [-0.2, 0) is 16.6 Å². The molecule has 1 fully saturated rings. The number of aromatic amines is 1. The summed E-state index contributed by atoms with van der Waals surface area (Å²) in [7, 11) is -3.41. The topological polar surface area (TPSA) is 74.0 Å². The number of H-pyrrole nitrogens is 1. The highest BCUT2D eigenvalue weighted by Gasteiger charge is 2.21. The van der Waals surface area contributed by atoms with Crippen LogP contribution in [0.5, 0.6) is 0 Å². The van der Waals surface area contributed by atoms with Crippen LogP contribution in [0.4, 0.5) is 0 Å². The smallest absolute Gasteiger partial charge is 0.242 e. The van der Waals surface area contributed by atoms with Crippen molar-refractivity contribution in [1.29, 1.82) is 0 Å². The lowest BCUT2D eigenvalue weighted by Gasteiger charge is -2.11. The summed E-state index contributed by atoms with van der Waals surface area (Å²) in [5.74, 6) is 0.764. The lowest BCUT2D eigenvalue weighted by atomic mass is 10.4. The normalized spacial score (nSPS) is 17.6. The Morgan fingerprint density at radius 1 is 1.53 bits per heavy atom. The van der Waals surface area contributed by atoms with E-state index in [-0.39, 0.29) is 6.04 Å². The summed E-state index contributed by atoms with van der Waals surface area (Å²) in [6.45, 7) is 2.57. The first-order chi connectivity index (χ1) is 9.01. The Hall–Kier alpha value is -0.500.